The molecule has 1 fully saturated rings. The van der Waals surface area contributed by atoms with E-state index in [1.165, 1.54) is 0 Å². The summed E-state index contributed by atoms with van der Waals surface area (Å²) in [5, 5.41) is 13.2. The van der Waals surface area contributed by atoms with Crippen molar-refractivity contribution < 1.29 is 9.90 Å². The quantitative estimate of drug-likeness (QED) is 0.827. The van der Waals surface area contributed by atoms with Crippen LogP contribution in [0.5, 0.6) is 5.75 Å². The van der Waals surface area contributed by atoms with Gasteiger partial charge >= 0.3 is 0 Å². The third kappa shape index (κ3) is 4.41. The van der Waals surface area contributed by atoms with Gasteiger partial charge in [-0.1, -0.05) is 23.2 Å². The second kappa shape index (κ2) is 8.16. The van der Waals surface area contributed by atoms with Crippen LogP contribution in [0.3, 0.4) is 0 Å². The molecule has 0 bridgehead atoms. The molecule has 26 heavy (non-hydrogen) atoms. The molecular formula is C19H21Cl2N3O2. The summed E-state index contributed by atoms with van der Waals surface area (Å²) in [5.41, 5.74) is 1.64. The molecule has 1 amide bonds. The summed E-state index contributed by atoms with van der Waals surface area (Å²) in [5.74, 6) is 0.172. The van der Waals surface area contributed by atoms with Gasteiger partial charge < -0.3 is 15.3 Å². The molecular weight excluding hydrogens is 373 g/mol. The van der Waals surface area contributed by atoms with E-state index in [1.54, 1.807) is 30.3 Å². The van der Waals surface area contributed by atoms with Gasteiger partial charge in [-0.25, -0.2) is 0 Å². The molecule has 2 N–H and O–H groups in total. The van der Waals surface area contributed by atoms with Crippen LogP contribution in [-0.4, -0.2) is 48.1 Å². The van der Waals surface area contributed by atoms with Crippen molar-refractivity contribution >= 4 is 40.5 Å². The lowest BCUT2D eigenvalue weighted by Crippen LogP contribution is -2.52. The molecule has 7 heteroatoms. The number of halogens is 2. The highest BCUT2D eigenvalue weighted by Crippen LogP contribution is 2.26. The third-order valence-electron chi connectivity index (χ3n) is 4.65. The van der Waals surface area contributed by atoms with Crippen LogP contribution in [0.25, 0.3) is 0 Å². The number of benzene rings is 2. The number of aromatic hydroxyl groups is 1. The first-order chi connectivity index (χ1) is 12.4. The number of hydrogen-bond donors (Lipinski definition) is 2. The van der Waals surface area contributed by atoms with Crippen molar-refractivity contribution in [3.63, 3.8) is 0 Å². The summed E-state index contributed by atoms with van der Waals surface area (Å²) in [6.45, 7) is 5.11. The average molecular weight is 394 g/mol. The lowest BCUT2D eigenvalue weighted by atomic mass is 10.2. The Morgan fingerprint density at radius 2 is 1.73 bits per heavy atom. The normalized spacial score (nSPS) is 16.3. The van der Waals surface area contributed by atoms with E-state index in [1.807, 2.05) is 19.1 Å². The van der Waals surface area contributed by atoms with Gasteiger partial charge in [0.05, 0.1) is 16.8 Å². The number of carbonyl (C=O) groups is 1. The van der Waals surface area contributed by atoms with E-state index in [4.69, 9.17) is 23.2 Å². The number of nitrogens with one attached hydrogen (secondary N) is 1. The standard InChI is InChI=1S/C19H21Cl2N3O2/c1-13(19(26)22-18-7-2-14(20)12-17(18)21)23-8-10-24(11-9-23)15-3-5-16(25)6-4-15/h2-7,12-13,25H,8-11H2,1H3,(H,22,26)/t13-/m1/s1. The highest BCUT2D eigenvalue weighted by atomic mass is 35.5. The van der Waals surface area contributed by atoms with Gasteiger partial charge in [0.1, 0.15) is 5.75 Å². The van der Waals surface area contributed by atoms with Crippen LogP contribution < -0.4 is 10.2 Å². The Morgan fingerprint density at radius 3 is 2.35 bits per heavy atom. The number of phenolic OH excluding ortho intramolecular Hbond substituents is 1. The maximum Gasteiger partial charge on any atom is 0.241 e. The summed E-state index contributed by atoms with van der Waals surface area (Å²) in [6.07, 6.45) is 0. The molecule has 2 aromatic carbocycles. The van der Waals surface area contributed by atoms with Gasteiger partial charge in [0.2, 0.25) is 5.91 Å². The molecule has 1 aliphatic heterocycles. The topological polar surface area (TPSA) is 55.8 Å². The Kier molecular flexibility index (Phi) is 5.91. The first kappa shape index (κ1) is 18.8. The smallest absolute Gasteiger partial charge is 0.241 e. The lowest BCUT2D eigenvalue weighted by Gasteiger charge is -2.38. The molecule has 0 unspecified atom stereocenters. The second-order valence-electron chi connectivity index (χ2n) is 6.33. The van der Waals surface area contributed by atoms with Crippen molar-refractivity contribution in [1.82, 2.24) is 4.90 Å². The lowest BCUT2D eigenvalue weighted by molar-refractivity contribution is -0.120. The van der Waals surface area contributed by atoms with E-state index in [-0.39, 0.29) is 17.7 Å². The third-order valence-corrected chi connectivity index (χ3v) is 5.19. The molecule has 0 saturated carbocycles. The van der Waals surface area contributed by atoms with Crippen molar-refractivity contribution in [2.45, 2.75) is 13.0 Å². The molecule has 1 atom stereocenters. The fraction of sp³-hybridized carbons (Fsp3) is 0.316. The molecule has 1 saturated heterocycles. The molecule has 1 heterocycles. The zero-order valence-corrected chi connectivity index (χ0v) is 16.0. The first-order valence-electron chi connectivity index (χ1n) is 8.48. The van der Waals surface area contributed by atoms with E-state index in [0.29, 0.717) is 15.7 Å². The van der Waals surface area contributed by atoms with Gasteiger partial charge in [0.25, 0.3) is 0 Å². The van der Waals surface area contributed by atoms with Gasteiger partial charge in [-0.15, -0.1) is 0 Å². The summed E-state index contributed by atoms with van der Waals surface area (Å²) in [6, 6.07) is 11.9. The van der Waals surface area contributed by atoms with Crippen LogP contribution in [0.1, 0.15) is 6.92 Å². The number of amides is 1. The molecule has 5 nitrogen and oxygen atoms in total. The van der Waals surface area contributed by atoms with Crippen LogP contribution >= 0.6 is 23.2 Å². The number of rotatable bonds is 4. The minimum atomic E-state index is -0.260. The van der Waals surface area contributed by atoms with Gasteiger partial charge in [-0.2, -0.15) is 0 Å². The van der Waals surface area contributed by atoms with Crippen LogP contribution in [0.4, 0.5) is 11.4 Å². The molecule has 0 spiro atoms. The number of piperazine rings is 1. The molecule has 3 rings (SSSR count). The molecule has 138 valence electrons. The van der Waals surface area contributed by atoms with E-state index < -0.39 is 0 Å². The fourth-order valence-corrected chi connectivity index (χ4v) is 3.48. The molecule has 1 aliphatic rings. The number of hydrogen-bond acceptors (Lipinski definition) is 4. The van der Waals surface area contributed by atoms with E-state index in [0.717, 1.165) is 31.9 Å². The van der Waals surface area contributed by atoms with Gasteiger partial charge in [0, 0.05) is 36.9 Å². The number of carbonyl (C=O) groups excluding carboxylic acids is 1. The van der Waals surface area contributed by atoms with Crippen LogP contribution in [-0.2, 0) is 4.79 Å². The average Bonchev–Trinajstić information content (AvgIpc) is 2.64. The largest absolute Gasteiger partial charge is 0.508 e. The number of nitrogens with zero attached hydrogens (tertiary/aromatic N) is 2. The van der Waals surface area contributed by atoms with Crippen LogP contribution in [0.2, 0.25) is 10.0 Å². The van der Waals surface area contributed by atoms with Crippen molar-refractivity contribution in [3.8, 4) is 5.75 Å². The van der Waals surface area contributed by atoms with Crippen molar-refractivity contribution in [2.75, 3.05) is 36.4 Å². The molecule has 0 radical (unpaired) electrons. The minimum absolute atomic E-state index is 0.0905. The Hall–Kier alpha value is -1.95. The fourth-order valence-electron chi connectivity index (χ4n) is 3.02. The predicted octanol–water partition coefficient (Wildman–Crippen LogP) is 3.85. The van der Waals surface area contributed by atoms with Gasteiger partial charge in [0.15, 0.2) is 0 Å². The molecule has 0 aromatic heterocycles. The number of phenols is 1. The van der Waals surface area contributed by atoms with Gasteiger partial charge in [-0.3, -0.25) is 9.69 Å². The molecule has 0 aliphatic carbocycles. The Balaban J connectivity index is 1.56. The molecule has 2 aromatic rings. The van der Waals surface area contributed by atoms with Crippen LogP contribution in [0.15, 0.2) is 42.5 Å². The van der Waals surface area contributed by atoms with E-state index in [2.05, 4.69) is 15.1 Å². The second-order valence-corrected chi connectivity index (χ2v) is 7.17. The van der Waals surface area contributed by atoms with Crippen LogP contribution in [0, 0.1) is 0 Å². The monoisotopic (exact) mass is 393 g/mol. The predicted molar refractivity (Wildman–Crippen MR) is 106 cm³/mol. The summed E-state index contributed by atoms with van der Waals surface area (Å²) >= 11 is 12.0. The highest BCUT2D eigenvalue weighted by molar-refractivity contribution is 6.36. The van der Waals surface area contributed by atoms with Crippen molar-refractivity contribution in [3.05, 3.63) is 52.5 Å². The van der Waals surface area contributed by atoms with E-state index >= 15 is 0 Å². The van der Waals surface area contributed by atoms with E-state index in [9.17, 15) is 9.90 Å². The maximum atomic E-state index is 12.6. The SMILES string of the molecule is C[C@H](C(=O)Nc1ccc(Cl)cc1Cl)N1CCN(c2ccc(O)cc2)CC1. The van der Waals surface area contributed by atoms with Crippen molar-refractivity contribution in [1.29, 1.82) is 0 Å². The Bertz CT molecular complexity index is 775. The highest BCUT2D eigenvalue weighted by Gasteiger charge is 2.26. The summed E-state index contributed by atoms with van der Waals surface area (Å²) < 4.78 is 0. The summed E-state index contributed by atoms with van der Waals surface area (Å²) in [4.78, 5) is 16.9. The summed E-state index contributed by atoms with van der Waals surface area (Å²) in [7, 11) is 0. The zero-order valence-electron chi connectivity index (χ0n) is 14.5. The zero-order chi connectivity index (χ0) is 18.7. The first-order valence-corrected chi connectivity index (χ1v) is 9.23. The van der Waals surface area contributed by atoms with Crippen molar-refractivity contribution in [2.24, 2.45) is 0 Å². The Morgan fingerprint density at radius 1 is 1.08 bits per heavy atom. The maximum absolute atomic E-state index is 12.6. The minimum Gasteiger partial charge on any atom is -0.508 e. The number of anilines is 2. The Labute approximate surface area is 163 Å². The van der Waals surface area contributed by atoms with Gasteiger partial charge in [-0.05, 0) is 49.4 Å².